The number of fused-ring (bicyclic) bond motifs is 2. The fourth-order valence-corrected chi connectivity index (χ4v) is 9.68. The third kappa shape index (κ3) is 4.68. The molecule has 1 saturated heterocycles. The molecule has 0 atom stereocenters. The number of carbonyl (C=O) groups is 1. The third-order valence-corrected chi connectivity index (χ3v) is 12.4. The molecule has 0 spiro atoms. The zero-order valence-electron chi connectivity index (χ0n) is 20.6. The second-order valence-electron chi connectivity index (χ2n) is 9.15. The highest BCUT2D eigenvalue weighted by Gasteiger charge is 2.35. The van der Waals surface area contributed by atoms with Gasteiger partial charge < -0.3 is 4.90 Å². The minimum atomic E-state index is -4.05. The highest BCUT2D eigenvalue weighted by molar-refractivity contribution is 7.91. The van der Waals surface area contributed by atoms with Crippen LogP contribution in [-0.4, -0.2) is 60.5 Å². The Morgan fingerprint density at radius 1 is 0.900 bits per heavy atom. The number of carbonyl (C=O) groups excluding carboxylic acids is 1. The van der Waals surface area contributed by atoms with Crippen molar-refractivity contribution in [2.24, 2.45) is 0 Å². The Labute approximate surface area is 244 Å². The topological polar surface area (TPSA) is 110 Å². The van der Waals surface area contributed by atoms with E-state index in [-0.39, 0.29) is 40.4 Å². The fraction of sp³-hybridized carbons (Fsp3) is 0.154. The molecule has 5 aromatic rings. The summed E-state index contributed by atoms with van der Waals surface area (Å²) in [6.07, 6.45) is 1.42. The molecule has 40 heavy (non-hydrogen) atoms. The monoisotopic (exact) mass is 634 g/mol. The van der Waals surface area contributed by atoms with E-state index in [0.717, 1.165) is 25.7 Å². The van der Waals surface area contributed by atoms with Crippen LogP contribution >= 0.6 is 34.5 Å². The van der Waals surface area contributed by atoms with E-state index in [1.165, 1.54) is 27.2 Å². The lowest BCUT2D eigenvalue weighted by molar-refractivity contribution is -0.134. The van der Waals surface area contributed by atoms with Crippen LogP contribution in [0.2, 0.25) is 10.2 Å². The summed E-state index contributed by atoms with van der Waals surface area (Å²) >= 11 is 13.4. The third-order valence-electron chi connectivity index (χ3n) is 6.68. The van der Waals surface area contributed by atoms with Crippen molar-refractivity contribution >= 4 is 81.5 Å². The number of amides is 1. The van der Waals surface area contributed by atoms with Gasteiger partial charge in [0.25, 0.3) is 20.0 Å². The van der Waals surface area contributed by atoms with E-state index in [1.54, 1.807) is 54.6 Å². The SMILES string of the molecule is O=C1CN(S(=O)(=O)c2cc3ccc(Cl)cc3s2)CCN1Cc1cc2c(Cl)nccc2n1S(=O)(=O)c1ccccc1. The molecule has 1 aliphatic rings. The molecule has 2 aromatic carbocycles. The van der Waals surface area contributed by atoms with Crippen LogP contribution in [0.3, 0.4) is 0 Å². The summed E-state index contributed by atoms with van der Waals surface area (Å²) in [4.78, 5) is 18.8. The molecule has 3 aromatic heterocycles. The summed E-state index contributed by atoms with van der Waals surface area (Å²) in [6, 6.07) is 17.8. The molecule has 14 heteroatoms. The van der Waals surface area contributed by atoms with Gasteiger partial charge in [0.1, 0.15) is 9.36 Å². The van der Waals surface area contributed by atoms with Crippen molar-refractivity contribution in [3.8, 4) is 0 Å². The van der Waals surface area contributed by atoms with E-state index in [2.05, 4.69) is 4.98 Å². The van der Waals surface area contributed by atoms with Crippen molar-refractivity contribution in [1.29, 1.82) is 0 Å². The van der Waals surface area contributed by atoms with Gasteiger partial charge in [-0.3, -0.25) is 4.79 Å². The van der Waals surface area contributed by atoms with Crippen LogP contribution in [0.1, 0.15) is 5.69 Å². The highest BCUT2D eigenvalue weighted by Crippen LogP contribution is 2.34. The molecule has 0 saturated carbocycles. The largest absolute Gasteiger partial charge is 0.334 e. The highest BCUT2D eigenvalue weighted by atomic mass is 35.5. The van der Waals surface area contributed by atoms with Crippen LogP contribution in [0.4, 0.5) is 0 Å². The molecule has 0 N–H and O–H groups in total. The molecule has 1 fully saturated rings. The predicted octanol–water partition coefficient (Wildman–Crippen LogP) is 4.83. The Morgan fingerprint density at radius 3 is 2.42 bits per heavy atom. The van der Waals surface area contributed by atoms with Gasteiger partial charge in [0.2, 0.25) is 5.91 Å². The lowest BCUT2D eigenvalue weighted by atomic mass is 10.3. The van der Waals surface area contributed by atoms with E-state index < -0.39 is 26.0 Å². The maximum atomic E-state index is 13.7. The zero-order valence-corrected chi connectivity index (χ0v) is 24.5. The van der Waals surface area contributed by atoms with Gasteiger partial charge in [-0.05, 0) is 47.9 Å². The van der Waals surface area contributed by atoms with Gasteiger partial charge in [0.15, 0.2) is 0 Å². The first-order chi connectivity index (χ1) is 19.1. The first-order valence-electron chi connectivity index (χ1n) is 12.0. The first kappa shape index (κ1) is 27.2. The molecule has 4 heterocycles. The Hall–Kier alpha value is -3.00. The van der Waals surface area contributed by atoms with Gasteiger partial charge in [0, 0.05) is 34.4 Å². The molecule has 206 valence electrons. The number of sulfonamides is 1. The number of thiophene rings is 1. The number of pyridine rings is 1. The average Bonchev–Trinajstić information content (AvgIpc) is 3.53. The van der Waals surface area contributed by atoms with Gasteiger partial charge in [-0.1, -0.05) is 47.5 Å². The Balaban J connectivity index is 1.30. The number of hydrogen-bond acceptors (Lipinski definition) is 7. The maximum absolute atomic E-state index is 13.7. The van der Waals surface area contributed by atoms with E-state index in [1.807, 2.05) is 0 Å². The van der Waals surface area contributed by atoms with Gasteiger partial charge in [0.05, 0.1) is 29.2 Å². The number of benzene rings is 2. The van der Waals surface area contributed by atoms with Gasteiger partial charge in [-0.25, -0.2) is 25.8 Å². The normalized spacial score (nSPS) is 15.3. The molecule has 1 aliphatic heterocycles. The zero-order chi connectivity index (χ0) is 28.2. The van der Waals surface area contributed by atoms with Crippen molar-refractivity contribution < 1.29 is 21.6 Å². The summed E-state index contributed by atoms with van der Waals surface area (Å²) in [5.41, 5.74) is 0.636. The number of halogens is 2. The molecule has 0 unspecified atom stereocenters. The van der Waals surface area contributed by atoms with Crippen molar-refractivity contribution in [3.63, 3.8) is 0 Å². The lowest BCUT2D eigenvalue weighted by Gasteiger charge is -2.33. The minimum absolute atomic E-state index is 0.0526. The number of hydrogen-bond donors (Lipinski definition) is 0. The van der Waals surface area contributed by atoms with Crippen LogP contribution in [0.15, 0.2) is 82.0 Å². The number of nitrogens with zero attached hydrogens (tertiary/aromatic N) is 4. The van der Waals surface area contributed by atoms with Gasteiger partial charge >= 0.3 is 0 Å². The molecule has 1 amide bonds. The van der Waals surface area contributed by atoms with Crippen LogP contribution in [-0.2, 0) is 31.4 Å². The molecule has 0 bridgehead atoms. The summed E-state index contributed by atoms with van der Waals surface area (Å²) in [5, 5.41) is 1.81. The molecular weight excluding hydrogens is 615 g/mol. The first-order valence-corrected chi connectivity index (χ1v) is 16.4. The Morgan fingerprint density at radius 2 is 1.68 bits per heavy atom. The van der Waals surface area contributed by atoms with E-state index in [4.69, 9.17) is 23.2 Å². The van der Waals surface area contributed by atoms with Crippen molar-refractivity contribution in [3.05, 3.63) is 88.8 Å². The standard InChI is InChI=1S/C26H20Cl2N4O5S3/c27-18-7-6-17-12-25(38-23(17)13-18)40(36,37)31-11-10-30(24(33)16-31)15-19-14-21-22(8-9-29-26(21)28)32(19)39(34,35)20-4-2-1-3-5-20/h1-9,12-14H,10-11,15-16H2. The number of aromatic nitrogens is 2. The Bertz CT molecular complexity index is 2010. The number of rotatable bonds is 6. The predicted molar refractivity (Wildman–Crippen MR) is 155 cm³/mol. The Kier molecular flexibility index (Phi) is 6.88. The lowest BCUT2D eigenvalue weighted by Crippen LogP contribution is -2.51. The van der Waals surface area contributed by atoms with Gasteiger partial charge in [-0.2, -0.15) is 4.31 Å². The van der Waals surface area contributed by atoms with Crippen molar-refractivity contribution in [2.45, 2.75) is 15.6 Å². The maximum Gasteiger partial charge on any atom is 0.268 e. The second-order valence-corrected chi connectivity index (χ2v) is 15.0. The van der Waals surface area contributed by atoms with Gasteiger partial charge in [-0.15, -0.1) is 11.3 Å². The molecule has 9 nitrogen and oxygen atoms in total. The average molecular weight is 636 g/mol. The molecule has 6 rings (SSSR count). The summed E-state index contributed by atoms with van der Waals surface area (Å²) < 4.78 is 57.3. The molecule has 0 aliphatic carbocycles. The van der Waals surface area contributed by atoms with E-state index >= 15 is 0 Å². The quantitative estimate of drug-likeness (QED) is 0.248. The molecular formula is C26H20Cl2N4O5S3. The molecule has 0 radical (unpaired) electrons. The van der Waals surface area contributed by atoms with E-state index in [0.29, 0.717) is 21.6 Å². The number of piperazine rings is 1. The summed E-state index contributed by atoms with van der Waals surface area (Å²) in [6.45, 7) is -0.304. The van der Waals surface area contributed by atoms with Crippen molar-refractivity contribution in [1.82, 2.24) is 18.2 Å². The van der Waals surface area contributed by atoms with Crippen molar-refractivity contribution in [2.75, 3.05) is 19.6 Å². The van der Waals surface area contributed by atoms with Crippen LogP contribution < -0.4 is 0 Å². The van der Waals surface area contributed by atoms with E-state index in [9.17, 15) is 21.6 Å². The minimum Gasteiger partial charge on any atom is -0.334 e. The smallest absolute Gasteiger partial charge is 0.268 e. The van der Waals surface area contributed by atoms with Crippen LogP contribution in [0.5, 0.6) is 0 Å². The van der Waals surface area contributed by atoms with Crippen LogP contribution in [0, 0.1) is 0 Å². The summed E-state index contributed by atoms with van der Waals surface area (Å²) in [5.74, 6) is -0.447. The second kappa shape index (κ2) is 10.1. The summed E-state index contributed by atoms with van der Waals surface area (Å²) in [7, 11) is -7.97. The van der Waals surface area contributed by atoms with Crippen LogP contribution in [0.25, 0.3) is 21.0 Å². The fourth-order valence-electron chi connectivity index (χ4n) is 4.71.